The molecular weight excluding hydrogens is 537 g/mol. The van der Waals surface area contributed by atoms with Crippen molar-refractivity contribution in [2.45, 2.75) is 49.4 Å². The van der Waals surface area contributed by atoms with Gasteiger partial charge < -0.3 is 9.88 Å². The first-order valence-corrected chi connectivity index (χ1v) is 13.7. The van der Waals surface area contributed by atoms with Gasteiger partial charge in [0.05, 0.1) is 11.1 Å². The molecule has 1 aliphatic heterocycles. The van der Waals surface area contributed by atoms with E-state index in [0.29, 0.717) is 50.8 Å². The third kappa shape index (κ3) is 4.33. The summed E-state index contributed by atoms with van der Waals surface area (Å²) in [5, 5.41) is 1.07. The van der Waals surface area contributed by atoms with Crippen LogP contribution in [0.3, 0.4) is 0 Å². The Labute approximate surface area is 234 Å². The van der Waals surface area contributed by atoms with Crippen LogP contribution >= 0.6 is 0 Å². The van der Waals surface area contributed by atoms with E-state index in [1.165, 1.54) is 6.07 Å². The van der Waals surface area contributed by atoms with E-state index < -0.39 is 34.5 Å². The first-order valence-electron chi connectivity index (χ1n) is 13.7. The van der Waals surface area contributed by atoms with Crippen LogP contribution < -0.4 is 0 Å². The Kier molecular flexibility index (Phi) is 6.48. The molecule has 0 saturated heterocycles. The lowest BCUT2D eigenvalue weighted by molar-refractivity contribution is -0.140. The van der Waals surface area contributed by atoms with Gasteiger partial charge in [0, 0.05) is 34.2 Å². The molecule has 3 aromatic carbocycles. The minimum atomic E-state index is -4.85. The van der Waals surface area contributed by atoms with Crippen molar-refractivity contribution in [3.05, 3.63) is 106 Å². The average Bonchev–Trinajstić information content (AvgIpc) is 3.32. The summed E-state index contributed by atoms with van der Waals surface area (Å²) in [5.74, 6) is -2.30. The number of hydrogen-bond acceptors (Lipinski definition) is 2. The highest BCUT2D eigenvalue weighted by Crippen LogP contribution is 2.54. The molecule has 0 unspecified atom stereocenters. The lowest BCUT2D eigenvalue weighted by atomic mass is 9.65. The number of carbonyl (C=O) groups is 1. The molecule has 9 heteroatoms. The number of nitrogens with one attached hydrogen (secondary N) is 1. The number of para-hydroxylation sites is 1. The maximum Gasteiger partial charge on any atom is 0.419 e. The van der Waals surface area contributed by atoms with Crippen LogP contribution in [0.25, 0.3) is 10.9 Å². The Morgan fingerprint density at radius 2 is 1.66 bits per heavy atom. The number of amides is 1. The molecule has 1 aliphatic carbocycles. The molecule has 1 amide bonds. The van der Waals surface area contributed by atoms with Gasteiger partial charge in [-0.15, -0.1) is 0 Å². The molecule has 2 heterocycles. The molecule has 41 heavy (non-hydrogen) atoms. The van der Waals surface area contributed by atoms with E-state index in [4.69, 9.17) is 0 Å². The van der Waals surface area contributed by atoms with Crippen LogP contribution in [-0.4, -0.2) is 41.3 Å². The van der Waals surface area contributed by atoms with Crippen molar-refractivity contribution in [1.29, 1.82) is 0 Å². The van der Waals surface area contributed by atoms with Gasteiger partial charge in [0.1, 0.15) is 11.6 Å². The lowest BCUT2D eigenvalue weighted by Crippen LogP contribution is -2.58. The van der Waals surface area contributed by atoms with Crippen LogP contribution in [0.2, 0.25) is 0 Å². The largest absolute Gasteiger partial charge is 0.419 e. The summed E-state index contributed by atoms with van der Waals surface area (Å²) in [6, 6.07) is 16.9. The van der Waals surface area contributed by atoms with Crippen LogP contribution in [0.5, 0.6) is 0 Å². The van der Waals surface area contributed by atoms with Gasteiger partial charge in [-0.3, -0.25) is 9.69 Å². The molecule has 1 N–H and O–H groups in total. The van der Waals surface area contributed by atoms with E-state index >= 15 is 0 Å². The highest BCUT2D eigenvalue weighted by atomic mass is 19.4. The molecule has 4 nitrogen and oxygen atoms in total. The van der Waals surface area contributed by atoms with Crippen molar-refractivity contribution in [2.24, 2.45) is 0 Å². The summed E-state index contributed by atoms with van der Waals surface area (Å²) in [4.78, 5) is 21.4. The van der Waals surface area contributed by atoms with Gasteiger partial charge in [0.2, 0.25) is 0 Å². The van der Waals surface area contributed by atoms with Gasteiger partial charge in [-0.1, -0.05) is 30.3 Å². The molecule has 1 fully saturated rings. The summed E-state index contributed by atoms with van der Waals surface area (Å²) in [7, 11) is 3.93. The fraction of sp³-hybridized carbons (Fsp3) is 0.344. The molecule has 0 atom stereocenters. The van der Waals surface area contributed by atoms with E-state index in [1.807, 2.05) is 44.4 Å². The predicted molar refractivity (Wildman–Crippen MR) is 146 cm³/mol. The first-order chi connectivity index (χ1) is 19.5. The quantitative estimate of drug-likeness (QED) is 0.262. The van der Waals surface area contributed by atoms with E-state index in [9.17, 15) is 26.7 Å². The predicted octanol–water partition coefficient (Wildman–Crippen LogP) is 7.39. The number of aromatic amines is 1. The number of hydrogen-bond donors (Lipinski definition) is 1. The second kappa shape index (κ2) is 9.69. The Balaban J connectivity index is 1.45. The van der Waals surface area contributed by atoms with Crippen LogP contribution in [0.4, 0.5) is 22.0 Å². The number of H-pyrrole nitrogens is 1. The molecule has 1 aromatic heterocycles. The monoisotopic (exact) mass is 567 g/mol. The molecule has 6 rings (SSSR count). The fourth-order valence-electron chi connectivity index (χ4n) is 7.13. The van der Waals surface area contributed by atoms with E-state index in [0.717, 1.165) is 33.8 Å². The second-order valence-corrected chi connectivity index (χ2v) is 11.4. The first kappa shape index (κ1) is 27.4. The van der Waals surface area contributed by atoms with Crippen molar-refractivity contribution in [1.82, 2.24) is 14.8 Å². The van der Waals surface area contributed by atoms with Crippen LogP contribution in [0.15, 0.2) is 66.7 Å². The fourth-order valence-corrected chi connectivity index (χ4v) is 7.13. The minimum Gasteiger partial charge on any atom is -0.356 e. The molecule has 0 radical (unpaired) electrons. The van der Waals surface area contributed by atoms with Crippen molar-refractivity contribution in [2.75, 3.05) is 20.6 Å². The average molecular weight is 568 g/mol. The Bertz CT molecular complexity index is 1630. The van der Waals surface area contributed by atoms with Crippen LogP contribution in [-0.2, 0) is 23.7 Å². The molecule has 1 spiro atoms. The van der Waals surface area contributed by atoms with Gasteiger partial charge in [-0.05, 0) is 93.7 Å². The van der Waals surface area contributed by atoms with Crippen molar-refractivity contribution >= 4 is 16.8 Å². The molecule has 1 saturated carbocycles. The third-order valence-corrected chi connectivity index (χ3v) is 9.27. The Morgan fingerprint density at radius 1 is 0.927 bits per heavy atom. The summed E-state index contributed by atoms with van der Waals surface area (Å²) in [6.45, 7) is 0.339. The van der Waals surface area contributed by atoms with Gasteiger partial charge in [-0.25, -0.2) is 8.78 Å². The maximum atomic E-state index is 14.6. The number of alkyl halides is 3. The zero-order valence-corrected chi connectivity index (χ0v) is 22.8. The summed E-state index contributed by atoms with van der Waals surface area (Å²) in [5.41, 5.74) is 1.03. The second-order valence-electron chi connectivity index (χ2n) is 11.4. The highest BCUT2D eigenvalue weighted by Gasteiger charge is 2.53. The normalized spacial score (nSPS) is 22.9. The van der Waals surface area contributed by atoms with Gasteiger partial charge in [0.15, 0.2) is 0 Å². The lowest BCUT2D eigenvalue weighted by Gasteiger charge is -2.55. The van der Waals surface area contributed by atoms with E-state index in [2.05, 4.69) is 9.88 Å². The van der Waals surface area contributed by atoms with Gasteiger partial charge >= 0.3 is 6.18 Å². The van der Waals surface area contributed by atoms with Crippen molar-refractivity contribution in [3.8, 4) is 0 Å². The van der Waals surface area contributed by atoms with Crippen LogP contribution in [0, 0.1) is 11.6 Å². The van der Waals surface area contributed by atoms with E-state index in [1.54, 1.807) is 17.0 Å². The summed E-state index contributed by atoms with van der Waals surface area (Å²) >= 11 is 0. The highest BCUT2D eigenvalue weighted by molar-refractivity contribution is 5.96. The molecule has 214 valence electrons. The number of nitrogens with zero attached hydrogens (tertiary/aromatic N) is 2. The zero-order chi connectivity index (χ0) is 29.2. The van der Waals surface area contributed by atoms with E-state index in [-0.39, 0.29) is 11.4 Å². The Morgan fingerprint density at radius 3 is 2.32 bits per heavy atom. The molecular formula is C32H30F5N3O. The number of benzene rings is 3. The zero-order valence-electron chi connectivity index (χ0n) is 22.8. The van der Waals surface area contributed by atoms with Gasteiger partial charge in [-0.2, -0.15) is 13.2 Å². The number of carbonyl (C=O) groups excluding carboxylic acids is 1. The van der Waals surface area contributed by atoms with Crippen LogP contribution in [0.1, 0.15) is 58.4 Å². The SMILES string of the molecule is CN(C)C1(c2cccc(F)c2)CCC2(CC1)c1[nH]c3ccccc3c1CCN2C(=O)c1ccc(C(F)(F)F)c(F)c1. The summed E-state index contributed by atoms with van der Waals surface area (Å²) < 4.78 is 68.6. The number of fused-ring (bicyclic) bond motifs is 4. The van der Waals surface area contributed by atoms with Gasteiger partial charge in [0.25, 0.3) is 5.91 Å². The maximum absolute atomic E-state index is 14.6. The molecule has 2 aliphatic rings. The molecule has 0 bridgehead atoms. The number of aromatic nitrogens is 1. The standard InChI is InChI=1S/C32H30F5N3O/c1-39(2)30(21-6-5-7-22(33)19-21)13-15-31(16-14-30)28-24(23-8-3-4-9-27(23)38-28)12-17-40(31)29(41)20-10-11-25(26(34)18-20)32(35,36)37/h3-11,18-19,38H,12-17H2,1-2H3. The van der Waals surface area contributed by atoms with Crippen molar-refractivity contribution < 1.29 is 26.7 Å². The Hall–Kier alpha value is -3.72. The topological polar surface area (TPSA) is 39.3 Å². The molecule has 4 aromatic rings. The number of halogens is 5. The minimum absolute atomic E-state index is 0.121. The number of rotatable bonds is 3. The van der Waals surface area contributed by atoms with Crippen molar-refractivity contribution in [3.63, 3.8) is 0 Å². The third-order valence-electron chi connectivity index (χ3n) is 9.27. The smallest absolute Gasteiger partial charge is 0.356 e. The summed E-state index contributed by atoms with van der Waals surface area (Å²) in [6.07, 6.45) is -2.05.